The molecule has 2 aromatic carbocycles. The summed E-state index contributed by atoms with van der Waals surface area (Å²) in [5.74, 6) is 0.679. The monoisotopic (exact) mass is 336 g/mol. The fourth-order valence-corrected chi connectivity index (χ4v) is 3.50. The summed E-state index contributed by atoms with van der Waals surface area (Å²) < 4.78 is 4.49. The lowest BCUT2D eigenvalue weighted by Crippen LogP contribution is -2.29. The first kappa shape index (κ1) is 14.8. The molecule has 120 valence electrons. The first-order valence-electron chi connectivity index (χ1n) is 7.73. The van der Waals surface area contributed by atoms with E-state index in [-0.39, 0.29) is 12.5 Å². The summed E-state index contributed by atoms with van der Waals surface area (Å²) in [6.07, 6.45) is 0. The van der Waals surface area contributed by atoms with E-state index < -0.39 is 0 Å². The Kier molecular flexibility index (Phi) is 3.74. The normalized spacial score (nSPS) is 14.0. The number of nitrogens with one attached hydrogen (secondary N) is 1. The SMILES string of the molecule is Cc1ccccc1-c1nsc(N2CC(=O)Nc3ccccc3C2)n1. The zero-order chi connectivity index (χ0) is 16.5. The Morgan fingerprint density at radius 3 is 2.75 bits per heavy atom. The number of aryl methyl sites for hydroxylation is 1. The van der Waals surface area contributed by atoms with E-state index in [1.165, 1.54) is 11.5 Å². The average molecular weight is 336 g/mol. The number of amides is 1. The fraction of sp³-hybridized carbons (Fsp3) is 0.167. The van der Waals surface area contributed by atoms with Crippen LogP contribution in [-0.2, 0) is 11.3 Å². The van der Waals surface area contributed by atoms with E-state index in [1.807, 2.05) is 60.4 Å². The van der Waals surface area contributed by atoms with E-state index >= 15 is 0 Å². The minimum absolute atomic E-state index is 0.0346. The molecule has 1 aromatic heterocycles. The molecule has 1 N–H and O–H groups in total. The molecular formula is C18H16N4OS. The molecule has 1 amide bonds. The van der Waals surface area contributed by atoms with Crippen LogP contribution in [0.15, 0.2) is 48.5 Å². The predicted octanol–water partition coefficient (Wildman–Crippen LogP) is 3.47. The molecule has 0 unspecified atom stereocenters. The molecule has 0 spiro atoms. The summed E-state index contributed by atoms with van der Waals surface area (Å²) in [6.45, 7) is 2.96. The summed E-state index contributed by atoms with van der Waals surface area (Å²) in [5, 5.41) is 3.71. The minimum atomic E-state index is -0.0346. The van der Waals surface area contributed by atoms with Gasteiger partial charge in [0.2, 0.25) is 11.0 Å². The number of nitrogens with zero attached hydrogens (tertiary/aromatic N) is 3. The maximum atomic E-state index is 12.2. The third-order valence-corrected chi connectivity index (χ3v) is 4.84. The average Bonchev–Trinajstić information content (AvgIpc) is 2.99. The van der Waals surface area contributed by atoms with Gasteiger partial charge in [-0.3, -0.25) is 4.79 Å². The van der Waals surface area contributed by atoms with Crippen molar-refractivity contribution >= 4 is 28.3 Å². The molecule has 0 bridgehead atoms. The highest BCUT2D eigenvalue weighted by Crippen LogP contribution is 2.29. The fourth-order valence-electron chi connectivity index (χ4n) is 2.82. The Hall–Kier alpha value is -2.73. The molecular weight excluding hydrogens is 320 g/mol. The van der Waals surface area contributed by atoms with Crippen LogP contribution in [0.2, 0.25) is 0 Å². The topological polar surface area (TPSA) is 58.1 Å². The van der Waals surface area contributed by atoms with Gasteiger partial charge in [0.15, 0.2) is 5.82 Å². The van der Waals surface area contributed by atoms with Gasteiger partial charge in [-0.05, 0) is 24.1 Å². The first-order valence-corrected chi connectivity index (χ1v) is 8.50. The standard InChI is InChI=1S/C18H16N4OS/c1-12-6-2-4-8-14(12)17-20-18(24-21-17)22-10-13-7-3-5-9-15(13)19-16(23)11-22/h2-9H,10-11H2,1H3,(H,19,23). The summed E-state index contributed by atoms with van der Waals surface area (Å²) in [7, 11) is 0. The molecule has 0 saturated heterocycles. The van der Waals surface area contributed by atoms with Crippen LogP contribution < -0.4 is 10.2 Å². The number of para-hydroxylation sites is 1. The van der Waals surface area contributed by atoms with Crippen LogP contribution in [0.25, 0.3) is 11.4 Å². The van der Waals surface area contributed by atoms with Crippen molar-refractivity contribution in [3.63, 3.8) is 0 Å². The Morgan fingerprint density at radius 1 is 1.08 bits per heavy atom. The quantitative estimate of drug-likeness (QED) is 0.778. The second-order valence-corrected chi connectivity index (χ2v) is 6.51. The highest BCUT2D eigenvalue weighted by atomic mass is 32.1. The van der Waals surface area contributed by atoms with Crippen LogP contribution in [0.4, 0.5) is 10.8 Å². The van der Waals surface area contributed by atoms with Gasteiger partial charge in [-0.1, -0.05) is 42.5 Å². The van der Waals surface area contributed by atoms with Gasteiger partial charge in [-0.25, -0.2) is 0 Å². The van der Waals surface area contributed by atoms with Crippen LogP contribution in [-0.4, -0.2) is 21.8 Å². The number of fused-ring (bicyclic) bond motifs is 1. The number of carbonyl (C=O) groups excluding carboxylic acids is 1. The molecule has 1 aliphatic rings. The second kappa shape index (κ2) is 6.05. The number of hydrogen-bond acceptors (Lipinski definition) is 5. The number of benzene rings is 2. The van der Waals surface area contributed by atoms with Crippen LogP contribution in [0, 0.1) is 6.92 Å². The molecule has 6 heteroatoms. The molecule has 0 fully saturated rings. The predicted molar refractivity (Wildman–Crippen MR) is 96.2 cm³/mol. The van der Waals surface area contributed by atoms with Crippen LogP contribution in [0.3, 0.4) is 0 Å². The highest BCUT2D eigenvalue weighted by Gasteiger charge is 2.22. The van der Waals surface area contributed by atoms with E-state index in [9.17, 15) is 4.79 Å². The zero-order valence-corrected chi connectivity index (χ0v) is 14.0. The third kappa shape index (κ3) is 2.76. The molecule has 4 rings (SSSR count). The van der Waals surface area contributed by atoms with Gasteiger partial charge in [0.1, 0.15) is 0 Å². The van der Waals surface area contributed by atoms with Crippen LogP contribution in [0.1, 0.15) is 11.1 Å². The second-order valence-electron chi connectivity index (χ2n) is 5.78. The molecule has 0 saturated carbocycles. The number of carbonyl (C=O) groups is 1. The molecule has 0 aliphatic carbocycles. The van der Waals surface area contributed by atoms with Gasteiger partial charge in [-0.15, -0.1) is 0 Å². The first-order chi connectivity index (χ1) is 11.7. The Bertz CT molecular complexity index is 905. The lowest BCUT2D eigenvalue weighted by Gasteiger charge is -2.17. The minimum Gasteiger partial charge on any atom is -0.333 e. The lowest BCUT2D eigenvalue weighted by molar-refractivity contribution is -0.114. The van der Waals surface area contributed by atoms with Crippen molar-refractivity contribution in [1.29, 1.82) is 0 Å². The maximum Gasteiger partial charge on any atom is 0.244 e. The Balaban J connectivity index is 1.67. The maximum absolute atomic E-state index is 12.2. The molecule has 1 aliphatic heterocycles. The zero-order valence-electron chi connectivity index (χ0n) is 13.2. The molecule has 2 heterocycles. The smallest absolute Gasteiger partial charge is 0.244 e. The lowest BCUT2D eigenvalue weighted by atomic mass is 10.1. The van der Waals surface area contributed by atoms with E-state index in [0.29, 0.717) is 12.4 Å². The number of aromatic nitrogens is 2. The van der Waals surface area contributed by atoms with E-state index in [1.54, 1.807) is 0 Å². The van der Waals surface area contributed by atoms with Crippen molar-refractivity contribution in [3.8, 4) is 11.4 Å². The number of rotatable bonds is 2. The molecule has 3 aromatic rings. The third-order valence-electron chi connectivity index (χ3n) is 4.06. The van der Waals surface area contributed by atoms with Crippen molar-refractivity contribution in [3.05, 3.63) is 59.7 Å². The van der Waals surface area contributed by atoms with Gasteiger partial charge < -0.3 is 10.2 Å². The van der Waals surface area contributed by atoms with Crippen LogP contribution >= 0.6 is 11.5 Å². The molecule has 5 nitrogen and oxygen atoms in total. The van der Waals surface area contributed by atoms with Crippen molar-refractivity contribution < 1.29 is 4.79 Å². The summed E-state index contributed by atoms with van der Waals surface area (Å²) in [6, 6.07) is 15.9. The van der Waals surface area contributed by atoms with Crippen molar-refractivity contribution in [2.45, 2.75) is 13.5 Å². The molecule has 0 atom stereocenters. The summed E-state index contributed by atoms with van der Waals surface area (Å²) >= 11 is 1.33. The number of anilines is 2. The van der Waals surface area contributed by atoms with E-state index in [0.717, 1.165) is 27.5 Å². The number of hydrogen-bond donors (Lipinski definition) is 1. The Labute approximate surface area is 144 Å². The largest absolute Gasteiger partial charge is 0.333 e. The van der Waals surface area contributed by atoms with E-state index in [2.05, 4.69) is 14.7 Å². The Morgan fingerprint density at radius 2 is 1.88 bits per heavy atom. The highest BCUT2D eigenvalue weighted by molar-refractivity contribution is 7.09. The van der Waals surface area contributed by atoms with Gasteiger partial charge in [0.05, 0.1) is 6.54 Å². The van der Waals surface area contributed by atoms with E-state index in [4.69, 9.17) is 0 Å². The molecule has 0 radical (unpaired) electrons. The summed E-state index contributed by atoms with van der Waals surface area (Å²) in [4.78, 5) is 18.8. The van der Waals surface area contributed by atoms with Crippen molar-refractivity contribution in [2.24, 2.45) is 0 Å². The molecule has 24 heavy (non-hydrogen) atoms. The van der Waals surface area contributed by atoms with Gasteiger partial charge in [-0.2, -0.15) is 9.36 Å². The van der Waals surface area contributed by atoms with Gasteiger partial charge >= 0.3 is 0 Å². The van der Waals surface area contributed by atoms with Gasteiger partial charge in [0, 0.05) is 29.3 Å². The summed E-state index contributed by atoms with van der Waals surface area (Å²) in [5.41, 5.74) is 4.12. The van der Waals surface area contributed by atoms with Crippen molar-refractivity contribution in [2.75, 3.05) is 16.8 Å². The van der Waals surface area contributed by atoms with Gasteiger partial charge in [0.25, 0.3) is 0 Å². The van der Waals surface area contributed by atoms with Crippen molar-refractivity contribution in [1.82, 2.24) is 9.36 Å². The van der Waals surface area contributed by atoms with Crippen LogP contribution in [0.5, 0.6) is 0 Å².